The lowest BCUT2D eigenvalue weighted by Crippen LogP contribution is -2.27. The molecular formula is C10H11NO5S. The molecule has 0 spiro atoms. The Hall–Kier alpha value is -1.89. The molecule has 0 aliphatic heterocycles. The van der Waals surface area contributed by atoms with Crippen molar-refractivity contribution >= 4 is 21.7 Å². The molecular weight excluding hydrogens is 246 g/mol. The molecule has 0 atom stereocenters. The zero-order chi connectivity index (χ0) is 13.1. The number of carboxylic acid groups (broad SMARTS) is 1. The van der Waals surface area contributed by atoms with E-state index in [2.05, 4.69) is 5.32 Å². The van der Waals surface area contributed by atoms with Crippen molar-refractivity contribution in [2.24, 2.45) is 0 Å². The van der Waals surface area contributed by atoms with Crippen LogP contribution in [-0.2, 0) is 14.6 Å². The molecule has 1 amide bonds. The standard InChI is InChI=1S/C10H11NO5S/c1-11-9(12)6-17(15,16)8-5-3-2-4-7(8)10(13)14/h2-5H,6H2,1H3,(H,11,12)(H,13,14). The van der Waals surface area contributed by atoms with Crippen LogP contribution in [0.2, 0.25) is 0 Å². The van der Waals surface area contributed by atoms with Crippen LogP contribution in [0.5, 0.6) is 0 Å². The Bertz CT molecular complexity index is 550. The highest BCUT2D eigenvalue weighted by atomic mass is 32.2. The molecule has 0 aromatic heterocycles. The zero-order valence-corrected chi connectivity index (χ0v) is 9.82. The van der Waals surface area contributed by atoms with Crippen LogP contribution in [0.1, 0.15) is 10.4 Å². The number of amides is 1. The summed E-state index contributed by atoms with van der Waals surface area (Å²) in [5.74, 6) is -2.81. The minimum absolute atomic E-state index is 0.337. The van der Waals surface area contributed by atoms with Crippen LogP contribution in [-0.4, -0.2) is 38.2 Å². The number of carbonyl (C=O) groups is 2. The number of hydrogen-bond donors (Lipinski definition) is 2. The summed E-state index contributed by atoms with van der Waals surface area (Å²) in [4.78, 5) is 21.6. The van der Waals surface area contributed by atoms with Gasteiger partial charge < -0.3 is 10.4 Å². The second-order valence-corrected chi connectivity index (χ2v) is 5.19. The van der Waals surface area contributed by atoms with Gasteiger partial charge in [-0.25, -0.2) is 13.2 Å². The third kappa shape index (κ3) is 3.04. The Labute approximate surface area is 98.2 Å². The maximum absolute atomic E-state index is 11.8. The van der Waals surface area contributed by atoms with E-state index in [0.29, 0.717) is 0 Å². The molecule has 0 aliphatic carbocycles. The summed E-state index contributed by atoms with van der Waals surface area (Å²) in [6.07, 6.45) is 0. The maximum Gasteiger partial charge on any atom is 0.337 e. The van der Waals surface area contributed by atoms with E-state index in [0.717, 1.165) is 0 Å². The molecule has 0 saturated heterocycles. The Morgan fingerprint density at radius 3 is 2.41 bits per heavy atom. The highest BCUT2D eigenvalue weighted by Gasteiger charge is 2.24. The molecule has 1 rings (SSSR count). The van der Waals surface area contributed by atoms with Crippen LogP contribution in [0.25, 0.3) is 0 Å². The topological polar surface area (TPSA) is 101 Å². The van der Waals surface area contributed by atoms with Gasteiger partial charge in [0.15, 0.2) is 9.84 Å². The lowest BCUT2D eigenvalue weighted by Gasteiger charge is -2.06. The van der Waals surface area contributed by atoms with Gasteiger partial charge in [-0.3, -0.25) is 4.79 Å². The van der Waals surface area contributed by atoms with Crippen molar-refractivity contribution in [1.29, 1.82) is 0 Å². The first kappa shape index (κ1) is 13.2. The molecule has 2 N–H and O–H groups in total. The molecule has 0 radical (unpaired) electrons. The SMILES string of the molecule is CNC(=O)CS(=O)(=O)c1ccccc1C(=O)O. The van der Waals surface area contributed by atoms with Crippen LogP contribution < -0.4 is 5.32 Å². The molecule has 7 heteroatoms. The van der Waals surface area contributed by atoms with Gasteiger partial charge in [0.05, 0.1) is 10.5 Å². The summed E-state index contributed by atoms with van der Waals surface area (Å²) in [5, 5.41) is 11.0. The monoisotopic (exact) mass is 257 g/mol. The van der Waals surface area contributed by atoms with Crippen LogP contribution in [0.4, 0.5) is 0 Å². The highest BCUT2D eigenvalue weighted by molar-refractivity contribution is 7.92. The van der Waals surface area contributed by atoms with Gasteiger partial charge in [0.25, 0.3) is 0 Å². The van der Waals surface area contributed by atoms with E-state index in [1.807, 2.05) is 0 Å². The predicted molar refractivity (Wildman–Crippen MR) is 59.5 cm³/mol. The van der Waals surface area contributed by atoms with Crippen LogP contribution in [0.3, 0.4) is 0 Å². The lowest BCUT2D eigenvalue weighted by molar-refractivity contribution is -0.118. The summed E-state index contributed by atoms with van der Waals surface area (Å²) < 4.78 is 23.6. The smallest absolute Gasteiger partial charge is 0.337 e. The summed E-state index contributed by atoms with van der Waals surface area (Å²) >= 11 is 0. The molecule has 0 aliphatic rings. The van der Waals surface area contributed by atoms with E-state index < -0.39 is 27.5 Å². The van der Waals surface area contributed by atoms with Crippen LogP contribution in [0, 0.1) is 0 Å². The van der Waals surface area contributed by atoms with Gasteiger partial charge in [-0.05, 0) is 12.1 Å². The van der Waals surface area contributed by atoms with E-state index in [4.69, 9.17) is 5.11 Å². The largest absolute Gasteiger partial charge is 0.478 e. The van der Waals surface area contributed by atoms with Crippen molar-refractivity contribution < 1.29 is 23.1 Å². The molecule has 0 unspecified atom stereocenters. The van der Waals surface area contributed by atoms with E-state index >= 15 is 0 Å². The number of nitrogens with one attached hydrogen (secondary N) is 1. The van der Waals surface area contributed by atoms with Gasteiger partial charge in [0.1, 0.15) is 5.75 Å². The first-order chi connectivity index (χ1) is 7.88. The molecule has 6 nitrogen and oxygen atoms in total. The Kier molecular flexibility index (Phi) is 3.84. The van der Waals surface area contributed by atoms with Crippen molar-refractivity contribution in [3.63, 3.8) is 0 Å². The van der Waals surface area contributed by atoms with E-state index in [9.17, 15) is 18.0 Å². The number of sulfone groups is 1. The third-order valence-electron chi connectivity index (χ3n) is 2.05. The second-order valence-electron chi connectivity index (χ2n) is 3.23. The number of rotatable bonds is 4. The van der Waals surface area contributed by atoms with Gasteiger partial charge in [-0.1, -0.05) is 12.1 Å². The molecule has 0 fully saturated rings. The van der Waals surface area contributed by atoms with Gasteiger partial charge in [-0.2, -0.15) is 0 Å². The van der Waals surface area contributed by atoms with E-state index in [1.54, 1.807) is 0 Å². The predicted octanol–water partition coefficient (Wildman–Crippen LogP) is -0.0955. The first-order valence-electron chi connectivity index (χ1n) is 4.64. The minimum atomic E-state index is -3.94. The molecule has 1 aromatic carbocycles. The second kappa shape index (κ2) is 4.96. The minimum Gasteiger partial charge on any atom is -0.478 e. The lowest BCUT2D eigenvalue weighted by atomic mass is 10.2. The number of hydrogen-bond acceptors (Lipinski definition) is 4. The van der Waals surface area contributed by atoms with Crippen molar-refractivity contribution in [3.05, 3.63) is 29.8 Å². The number of benzene rings is 1. The summed E-state index contributed by atoms with van der Waals surface area (Å²) in [6, 6.07) is 5.17. The number of aromatic carboxylic acids is 1. The Morgan fingerprint density at radius 1 is 1.29 bits per heavy atom. The highest BCUT2D eigenvalue weighted by Crippen LogP contribution is 2.16. The van der Waals surface area contributed by atoms with E-state index in [-0.39, 0.29) is 10.5 Å². The van der Waals surface area contributed by atoms with Crippen LogP contribution >= 0.6 is 0 Å². The van der Waals surface area contributed by atoms with Gasteiger partial charge in [0, 0.05) is 7.05 Å². The summed E-state index contributed by atoms with van der Waals surface area (Å²) in [6.45, 7) is 0. The molecule has 0 heterocycles. The molecule has 0 saturated carbocycles. The van der Waals surface area contributed by atoms with Gasteiger partial charge in [-0.15, -0.1) is 0 Å². The quantitative estimate of drug-likeness (QED) is 0.784. The number of carbonyl (C=O) groups excluding carboxylic acids is 1. The average Bonchev–Trinajstić information content (AvgIpc) is 2.28. The third-order valence-corrected chi connectivity index (χ3v) is 3.72. The normalized spacial score (nSPS) is 10.9. The Morgan fingerprint density at radius 2 is 1.88 bits per heavy atom. The van der Waals surface area contributed by atoms with Crippen molar-refractivity contribution in [3.8, 4) is 0 Å². The molecule has 92 valence electrons. The number of carboxylic acids is 1. The summed E-state index contributed by atoms with van der Waals surface area (Å²) in [7, 11) is -2.63. The van der Waals surface area contributed by atoms with Crippen molar-refractivity contribution in [2.75, 3.05) is 12.8 Å². The fourth-order valence-corrected chi connectivity index (χ4v) is 2.66. The van der Waals surface area contributed by atoms with Crippen molar-refractivity contribution in [2.45, 2.75) is 4.90 Å². The zero-order valence-electron chi connectivity index (χ0n) is 9.00. The average molecular weight is 257 g/mol. The molecule has 0 bridgehead atoms. The first-order valence-corrected chi connectivity index (χ1v) is 6.29. The van der Waals surface area contributed by atoms with Crippen LogP contribution in [0.15, 0.2) is 29.2 Å². The van der Waals surface area contributed by atoms with Gasteiger partial charge in [0.2, 0.25) is 5.91 Å². The fourth-order valence-electron chi connectivity index (χ4n) is 1.24. The molecule has 17 heavy (non-hydrogen) atoms. The van der Waals surface area contributed by atoms with Gasteiger partial charge >= 0.3 is 5.97 Å². The van der Waals surface area contributed by atoms with Crippen molar-refractivity contribution in [1.82, 2.24) is 5.32 Å². The fraction of sp³-hybridized carbons (Fsp3) is 0.200. The summed E-state index contributed by atoms with van der Waals surface area (Å²) in [5.41, 5.74) is -0.337. The maximum atomic E-state index is 11.8. The molecule has 1 aromatic rings. The van der Waals surface area contributed by atoms with E-state index in [1.165, 1.54) is 31.3 Å². The Balaban J connectivity index is 3.24.